The minimum absolute atomic E-state index is 0.554. The van der Waals surface area contributed by atoms with Gasteiger partial charge in [-0.1, -0.05) is 78.9 Å². The van der Waals surface area contributed by atoms with Crippen LogP contribution in [0.3, 0.4) is 0 Å². The maximum Gasteiger partial charge on any atom is 0.181 e. The highest BCUT2D eigenvalue weighted by atomic mass is 16.5. The molecule has 0 aliphatic heterocycles. The van der Waals surface area contributed by atoms with E-state index in [4.69, 9.17) is 19.4 Å². The fourth-order valence-electron chi connectivity index (χ4n) is 4.55. The van der Waals surface area contributed by atoms with Crippen LogP contribution < -0.4 is 9.47 Å². The van der Waals surface area contributed by atoms with Gasteiger partial charge in [0, 0.05) is 11.1 Å². The molecule has 0 spiro atoms. The van der Waals surface area contributed by atoms with E-state index in [2.05, 4.69) is 20.4 Å². The number of aromatic nitrogens is 6. The van der Waals surface area contributed by atoms with Crippen LogP contribution in [0.4, 0.5) is 0 Å². The van der Waals surface area contributed by atoms with Crippen molar-refractivity contribution >= 4 is 0 Å². The topological polar surface area (TPSA) is 102 Å². The minimum Gasteiger partial charge on any atom is -0.457 e. The maximum absolute atomic E-state index is 6.12. The van der Waals surface area contributed by atoms with Crippen molar-refractivity contribution in [2.75, 3.05) is 0 Å². The predicted octanol–water partition coefficient (Wildman–Crippen LogP) is 8.18. The van der Waals surface area contributed by atoms with Crippen molar-refractivity contribution in [3.8, 4) is 68.5 Å². The average molecular weight is 549 g/mol. The number of H-pyrrole nitrogens is 2. The number of nitrogens with one attached hydrogen (secondary N) is 2. The molecule has 2 aromatic heterocycles. The van der Waals surface area contributed by atoms with Crippen molar-refractivity contribution in [3.63, 3.8) is 0 Å². The number of hydrogen-bond donors (Lipinski definition) is 2. The van der Waals surface area contributed by atoms with E-state index < -0.39 is 0 Å². The summed E-state index contributed by atoms with van der Waals surface area (Å²) in [6, 6.07) is 42.6. The number of aromatic amines is 2. The molecular weight excluding hydrogens is 524 g/mol. The molecule has 0 fully saturated rings. The van der Waals surface area contributed by atoms with Crippen LogP contribution in [0.15, 0.2) is 133 Å². The zero-order valence-electron chi connectivity index (χ0n) is 22.3. The van der Waals surface area contributed by atoms with Gasteiger partial charge in [0.2, 0.25) is 0 Å². The van der Waals surface area contributed by atoms with Gasteiger partial charge in [0.05, 0.1) is 11.1 Å². The lowest BCUT2D eigenvalue weighted by Crippen LogP contribution is -1.89. The second-order valence-corrected chi connectivity index (χ2v) is 9.42. The minimum atomic E-state index is 0.554. The monoisotopic (exact) mass is 548 g/mol. The summed E-state index contributed by atoms with van der Waals surface area (Å²) in [5, 5.41) is 15.1. The van der Waals surface area contributed by atoms with Gasteiger partial charge in [-0.25, -0.2) is 9.97 Å². The summed E-state index contributed by atoms with van der Waals surface area (Å²) in [4.78, 5) is 9.56. The zero-order chi connectivity index (χ0) is 28.1. The first kappa shape index (κ1) is 25.0. The lowest BCUT2D eigenvalue weighted by Gasteiger charge is -2.09. The second-order valence-electron chi connectivity index (χ2n) is 9.42. The summed E-state index contributed by atoms with van der Waals surface area (Å²) >= 11 is 0. The third kappa shape index (κ3) is 5.24. The molecule has 0 aliphatic carbocycles. The van der Waals surface area contributed by atoms with E-state index in [-0.39, 0.29) is 0 Å². The zero-order valence-corrected chi connectivity index (χ0v) is 22.3. The Labute approximate surface area is 241 Å². The first-order chi connectivity index (χ1) is 20.8. The number of para-hydroxylation sites is 4. The summed E-state index contributed by atoms with van der Waals surface area (Å²) in [6.07, 6.45) is 0. The Balaban J connectivity index is 1.15. The first-order valence-corrected chi connectivity index (χ1v) is 13.4. The summed E-state index contributed by atoms with van der Waals surface area (Å²) in [5.41, 5.74) is 3.28. The Kier molecular flexibility index (Phi) is 6.68. The highest BCUT2D eigenvalue weighted by molar-refractivity contribution is 5.71. The maximum atomic E-state index is 6.12. The summed E-state index contributed by atoms with van der Waals surface area (Å²) in [7, 11) is 0. The van der Waals surface area contributed by atoms with Gasteiger partial charge in [0.25, 0.3) is 0 Å². The van der Waals surface area contributed by atoms with Gasteiger partial charge >= 0.3 is 0 Å². The van der Waals surface area contributed by atoms with E-state index in [1.807, 2.05) is 133 Å². The van der Waals surface area contributed by atoms with E-state index in [1.165, 1.54) is 0 Å². The summed E-state index contributed by atoms with van der Waals surface area (Å²) < 4.78 is 12.2. The molecule has 2 N–H and O–H groups in total. The van der Waals surface area contributed by atoms with Crippen LogP contribution >= 0.6 is 0 Å². The van der Waals surface area contributed by atoms with E-state index >= 15 is 0 Å². The fraction of sp³-hybridized carbons (Fsp3) is 0. The molecule has 5 aromatic carbocycles. The number of nitrogens with zero attached hydrogens (tertiary/aromatic N) is 4. The molecule has 0 amide bonds. The van der Waals surface area contributed by atoms with Crippen LogP contribution in [0.1, 0.15) is 0 Å². The Bertz CT molecular complexity index is 1810. The molecule has 0 atom stereocenters. The molecule has 7 rings (SSSR count). The molecule has 8 heteroatoms. The predicted molar refractivity (Wildman–Crippen MR) is 161 cm³/mol. The Morgan fingerprint density at radius 2 is 0.857 bits per heavy atom. The molecule has 42 heavy (non-hydrogen) atoms. The average Bonchev–Trinajstić information content (AvgIpc) is 3.74. The fourth-order valence-corrected chi connectivity index (χ4v) is 4.55. The highest BCUT2D eigenvalue weighted by Gasteiger charge is 2.16. The van der Waals surface area contributed by atoms with Crippen LogP contribution in [0.2, 0.25) is 0 Å². The third-order valence-corrected chi connectivity index (χ3v) is 6.58. The SMILES string of the molecule is c1ccc(Oc2ccccc2-c2nc(-c3cccc(-c4n[nH]c(-c5ccccc5Oc5ccccc5)n4)c3)n[nH]2)cc1. The van der Waals surface area contributed by atoms with E-state index in [9.17, 15) is 0 Å². The molecule has 8 nitrogen and oxygen atoms in total. The van der Waals surface area contributed by atoms with Gasteiger partial charge in [0.15, 0.2) is 23.3 Å². The lowest BCUT2D eigenvalue weighted by molar-refractivity contribution is 0.484. The quantitative estimate of drug-likeness (QED) is 0.199. The number of rotatable bonds is 8. The van der Waals surface area contributed by atoms with Crippen LogP contribution in [0.25, 0.3) is 45.6 Å². The molecule has 0 radical (unpaired) electrons. The van der Waals surface area contributed by atoms with E-state index in [1.54, 1.807) is 0 Å². The van der Waals surface area contributed by atoms with Crippen molar-refractivity contribution in [1.82, 2.24) is 30.4 Å². The molecule has 0 saturated heterocycles. The molecule has 0 saturated carbocycles. The Morgan fingerprint density at radius 1 is 0.429 bits per heavy atom. The molecule has 0 bridgehead atoms. The van der Waals surface area contributed by atoms with Gasteiger partial charge in [0.1, 0.15) is 23.0 Å². The van der Waals surface area contributed by atoms with Gasteiger partial charge < -0.3 is 9.47 Å². The largest absolute Gasteiger partial charge is 0.457 e. The van der Waals surface area contributed by atoms with Crippen molar-refractivity contribution < 1.29 is 9.47 Å². The van der Waals surface area contributed by atoms with E-state index in [0.717, 1.165) is 33.8 Å². The van der Waals surface area contributed by atoms with Gasteiger partial charge in [-0.05, 0) is 54.6 Å². The van der Waals surface area contributed by atoms with Gasteiger partial charge in [-0.2, -0.15) is 10.2 Å². The highest BCUT2D eigenvalue weighted by Crippen LogP contribution is 2.34. The summed E-state index contributed by atoms with van der Waals surface area (Å²) in [5.74, 6) is 5.19. The van der Waals surface area contributed by atoms with Gasteiger partial charge in [-0.3, -0.25) is 10.2 Å². The molecule has 2 heterocycles. The Hall–Kier alpha value is -6.02. The van der Waals surface area contributed by atoms with Crippen molar-refractivity contribution in [2.24, 2.45) is 0 Å². The Morgan fingerprint density at radius 3 is 1.33 bits per heavy atom. The standard InChI is InChI=1S/C34H24N6O2/c1-3-14-25(15-4-1)41-29-20-9-7-18-27(29)33-35-31(37-39-33)23-12-11-13-24(22-23)32-36-34(40-38-32)28-19-8-10-21-30(28)42-26-16-5-2-6-17-26/h1-22H,(H,35,37,39)(H,36,38,40). The normalized spacial score (nSPS) is 10.9. The lowest BCUT2D eigenvalue weighted by atomic mass is 10.1. The number of hydrogen-bond acceptors (Lipinski definition) is 6. The molecular formula is C34H24N6O2. The van der Waals surface area contributed by atoms with Crippen molar-refractivity contribution in [1.29, 1.82) is 0 Å². The van der Waals surface area contributed by atoms with Crippen LogP contribution in [-0.4, -0.2) is 30.4 Å². The smallest absolute Gasteiger partial charge is 0.181 e. The van der Waals surface area contributed by atoms with Crippen molar-refractivity contribution in [3.05, 3.63) is 133 Å². The molecule has 0 unspecified atom stereocenters. The summed E-state index contributed by atoms with van der Waals surface area (Å²) in [6.45, 7) is 0. The second kappa shape index (κ2) is 11.2. The van der Waals surface area contributed by atoms with E-state index in [0.29, 0.717) is 34.8 Å². The van der Waals surface area contributed by atoms with Crippen LogP contribution in [0, 0.1) is 0 Å². The van der Waals surface area contributed by atoms with Gasteiger partial charge in [-0.15, -0.1) is 0 Å². The number of ether oxygens (including phenoxy) is 2. The van der Waals surface area contributed by atoms with Crippen LogP contribution in [-0.2, 0) is 0 Å². The molecule has 202 valence electrons. The third-order valence-electron chi connectivity index (χ3n) is 6.58. The first-order valence-electron chi connectivity index (χ1n) is 13.4. The molecule has 0 aliphatic rings. The molecule has 7 aromatic rings. The van der Waals surface area contributed by atoms with Crippen LogP contribution in [0.5, 0.6) is 23.0 Å². The number of benzene rings is 5. The van der Waals surface area contributed by atoms with Crippen molar-refractivity contribution in [2.45, 2.75) is 0 Å².